The number of benzene rings is 1. The summed E-state index contributed by atoms with van der Waals surface area (Å²) in [6.07, 6.45) is -2.97. The topological polar surface area (TPSA) is 24.4 Å². The quantitative estimate of drug-likeness (QED) is 0.578. The number of nitrogens with zero attached hydrogens (tertiary/aromatic N) is 1. The van der Waals surface area contributed by atoms with Crippen molar-refractivity contribution < 1.29 is 13.2 Å². The lowest BCUT2D eigenvalue weighted by Gasteiger charge is -2.11. The molecule has 0 spiro atoms. The number of hydrogen-bond acceptors (Lipinski definition) is 3. The Morgan fingerprint density at radius 1 is 1.20 bits per heavy atom. The molecule has 0 radical (unpaired) electrons. The van der Waals surface area contributed by atoms with Crippen molar-refractivity contribution in [1.82, 2.24) is 0 Å². The Morgan fingerprint density at radius 3 is 2.35 bits per heavy atom. The summed E-state index contributed by atoms with van der Waals surface area (Å²) in [5.74, 6) is 0. The van der Waals surface area contributed by atoms with Crippen LogP contribution in [0.4, 0.5) is 18.9 Å². The molecule has 0 unspecified atom stereocenters. The molecule has 2 aromatic rings. The van der Waals surface area contributed by atoms with Gasteiger partial charge in [-0.3, -0.25) is 5.43 Å². The average molecular weight is 339 g/mol. The van der Waals surface area contributed by atoms with E-state index in [1.807, 2.05) is 17.5 Å². The summed E-state index contributed by atoms with van der Waals surface area (Å²) < 4.78 is 37.7. The summed E-state index contributed by atoms with van der Waals surface area (Å²) in [4.78, 5) is 0.886. The Kier molecular flexibility index (Phi) is 4.57. The molecule has 1 aromatic heterocycles. The number of halogens is 5. The fraction of sp³-hybridized carbons (Fsp3) is 0.0833. The van der Waals surface area contributed by atoms with E-state index in [0.29, 0.717) is 0 Å². The highest BCUT2D eigenvalue weighted by Gasteiger charge is 2.31. The van der Waals surface area contributed by atoms with E-state index < -0.39 is 11.7 Å². The molecule has 0 saturated heterocycles. The molecule has 1 N–H and O–H groups in total. The van der Waals surface area contributed by atoms with Crippen molar-refractivity contribution in [3.63, 3.8) is 0 Å². The van der Waals surface area contributed by atoms with Gasteiger partial charge in [0, 0.05) is 4.88 Å². The van der Waals surface area contributed by atoms with Crippen molar-refractivity contribution in [3.05, 3.63) is 50.1 Å². The highest BCUT2D eigenvalue weighted by atomic mass is 35.5. The molecule has 2 nitrogen and oxygen atoms in total. The van der Waals surface area contributed by atoms with Crippen molar-refractivity contribution in [2.45, 2.75) is 6.18 Å². The lowest BCUT2D eigenvalue weighted by atomic mass is 10.2. The van der Waals surface area contributed by atoms with E-state index in [9.17, 15) is 13.2 Å². The maximum Gasteiger partial charge on any atom is 0.416 e. The molecule has 0 aliphatic rings. The molecule has 0 atom stereocenters. The van der Waals surface area contributed by atoms with Gasteiger partial charge in [-0.05, 0) is 23.6 Å². The Labute approximate surface area is 126 Å². The van der Waals surface area contributed by atoms with Crippen LogP contribution in [0.2, 0.25) is 10.0 Å². The van der Waals surface area contributed by atoms with Gasteiger partial charge >= 0.3 is 6.18 Å². The third-order valence-corrected chi connectivity index (χ3v) is 3.68. The second kappa shape index (κ2) is 6.03. The Hall–Kier alpha value is -1.24. The number of rotatable bonds is 3. The van der Waals surface area contributed by atoms with Crippen LogP contribution in [-0.4, -0.2) is 6.21 Å². The molecule has 20 heavy (non-hydrogen) atoms. The van der Waals surface area contributed by atoms with Gasteiger partial charge in [0.15, 0.2) is 0 Å². The third-order valence-electron chi connectivity index (χ3n) is 2.28. The van der Waals surface area contributed by atoms with Gasteiger partial charge < -0.3 is 0 Å². The molecule has 2 rings (SSSR count). The number of anilines is 1. The molecule has 8 heteroatoms. The Balaban J connectivity index is 2.21. The summed E-state index contributed by atoms with van der Waals surface area (Å²) in [5.41, 5.74) is 1.77. The van der Waals surface area contributed by atoms with Crippen LogP contribution in [0.1, 0.15) is 10.4 Å². The zero-order chi connectivity index (χ0) is 14.8. The van der Waals surface area contributed by atoms with Crippen molar-refractivity contribution >= 4 is 46.4 Å². The number of thiophene rings is 1. The predicted molar refractivity (Wildman–Crippen MR) is 77.0 cm³/mol. The molecular weight excluding hydrogens is 332 g/mol. The summed E-state index contributed by atoms with van der Waals surface area (Å²) in [5, 5.41) is 5.47. The minimum Gasteiger partial charge on any atom is -0.275 e. The molecule has 0 aliphatic heterocycles. The molecule has 1 aromatic carbocycles. The Bertz CT molecular complexity index is 601. The molecule has 0 bridgehead atoms. The normalized spacial score (nSPS) is 12.1. The second-order valence-electron chi connectivity index (χ2n) is 3.70. The van der Waals surface area contributed by atoms with Crippen LogP contribution in [0.25, 0.3) is 0 Å². The van der Waals surface area contributed by atoms with Crippen LogP contribution < -0.4 is 5.43 Å². The first-order chi connectivity index (χ1) is 9.38. The minimum absolute atomic E-state index is 0.133. The first-order valence-electron chi connectivity index (χ1n) is 5.27. The number of hydrogen-bond donors (Lipinski definition) is 1. The van der Waals surface area contributed by atoms with Crippen LogP contribution in [0.15, 0.2) is 34.7 Å². The number of hydrazone groups is 1. The molecule has 0 fully saturated rings. The first kappa shape index (κ1) is 15.2. The van der Waals surface area contributed by atoms with Gasteiger partial charge in [0.05, 0.1) is 27.5 Å². The summed E-state index contributed by atoms with van der Waals surface area (Å²) in [6, 6.07) is 5.29. The highest BCUT2D eigenvalue weighted by Crippen LogP contribution is 2.38. The van der Waals surface area contributed by atoms with E-state index in [1.54, 1.807) is 0 Å². The highest BCUT2D eigenvalue weighted by molar-refractivity contribution is 7.11. The van der Waals surface area contributed by atoms with E-state index in [4.69, 9.17) is 23.2 Å². The maximum absolute atomic E-state index is 12.6. The SMILES string of the molecule is FC(F)(F)c1cc(Cl)c(N/N=C\c2cccs2)c(Cl)c1. The molecule has 0 aliphatic carbocycles. The van der Waals surface area contributed by atoms with Gasteiger partial charge in [0.25, 0.3) is 0 Å². The zero-order valence-corrected chi connectivity index (χ0v) is 12.0. The minimum atomic E-state index is -4.49. The van der Waals surface area contributed by atoms with E-state index >= 15 is 0 Å². The van der Waals surface area contributed by atoms with E-state index in [0.717, 1.165) is 17.0 Å². The van der Waals surface area contributed by atoms with Crippen molar-refractivity contribution in [2.75, 3.05) is 5.43 Å². The third kappa shape index (κ3) is 3.65. The van der Waals surface area contributed by atoms with Crippen molar-refractivity contribution in [2.24, 2.45) is 5.10 Å². The molecule has 106 valence electrons. The van der Waals surface area contributed by atoms with E-state index in [1.165, 1.54) is 17.6 Å². The van der Waals surface area contributed by atoms with E-state index in [-0.39, 0.29) is 15.7 Å². The maximum atomic E-state index is 12.6. The van der Waals surface area contributed by atoms with Crippen LogP contribution in [0.5, 0.6) is 0 Å². The monoisotopic (exact) mass is 338 g/mol. The van der Waals surface area contributed by atoms with Crippen LogP contribution in [-0.2, 0) is 6.18 Å². The fourth-order valence-corrected chi connectivity index (χ4v) is 2.53. The van der Waals surface area contributed by atoms with Crippen LogP contribution >= 0.6 is 34.5 Å². The van der Waals surface area contributed by atoms with Gasteiger partial charge in [-0.1, -0.05) is 29.3 Å². The second-order valence-corrected chi connectivity index (χ2v) is 5.49. The fourth-order valence-electron chi connectivity index (χ4n) is 1.37. The van der Waals surface area contributed by atoms with Gasteiger partial charge in [0.2, 0.25) is 0 Å². The van der Waals surface area contributed by atoms with Gasteiger partial charge in [-0.25, -0.2) is 0 Å². The Morgan fingerprint density at radius 2 is 1.85 bits per heavy atom. The van der Waals surface area contributed by atoms with Crippen LogP contribution in [0.3, 0.4) is 0 Å². The molecule has 0 saturated carbocycles. The largest absolute Gasteiger partial charge is 0.416 e. The van der Waals surface area contributed by atoms with E-state index in [2.05, 4.69) is 10.5 Å². The summed E-state index contributed by atoms with van der Waals surface area (Å²) in [6.45, 7) is 0. The smallest absolute Gasteiger partial charge is 0.275 e. The molecule has 1 heterocycles. The van der Waals surface area contributed by atoms with Gasteiger partial charge in [0.1, 0.15) is 0 Å². The van der Waals surface area contributed by atoms with Crippen LogP contribution in [0, 0.1) is 0 Å². The van der Waals surface area contributed by atoms with Crippen molar-refractivity contribution in [3.8, 4) is 0 Å². The standard InChI is InChI=1S/C12H7Cl2F3N2S/c13-9-4-7(12(15,16)17)5-10(14)11(9)19-18-6-8-2-1-3-20-8/h1-6,19H/b18-6-. The summed E-state index contributed by atoms with van der Waals surface area (Å²) >= 11 is 13.0. The van der Waals surface area contributed by atoms with Gasteiger partial charge in [-0.2, -0.15) is 18.3 Å². The van der Waals surface area contributed by atoms with Crippen molar-refractivity contribution in [1.29, 1.82) is 0 Å². The first-order valence-corrected chi connectivity index (χ1v) is 6.90. The lowest BCUT2D eigenvalue weighted by molar-refractivity contribution is -0.137. The zero-order valence-electron chi connectivity index (χ0n) is 9.71. The lowest BCUT2D eigenvalue weighted by Crippen LogP contribution is -2.05. The number of nitrogens with one attached hydrogen (secondary N) is 1. The average Bonchev–Trinajstić information content (AvgIpc) is 2.84. The molecule has 0 amide bonds. The van der Waals surface area contributed by atoms with Gasteiger partial charge in [-0.15, -0.1) is 11.3 Å². The number of alkyl halides is 3. The molecular formula is C12H7Cl2F3N2S. The summed E-state index contributed by atoms with van der Waals surface area (Å²) in [7, 11) is 0. The predicted octanol–water partition coefficient (Wildman–Crippen LogP) is 5.52.